The van der Waals surface area contributed by atoms with Crippen molar-refractivity contribution in [3.8, 4) is 5.75 Å². The molecule has 6 heteroatoms. The highest BCUT2D eigenvalue weighted by Gasteiger charge is 2.53. The summed E-state index contributed by atoms with van der Waals surface area (Å²) >= 11 is 0. The number of carbonyl (C=O) groups is 2. The Morgan fingerprint density at radius 2 is 2.18 bits per heavy atom. The van der Waals surface area contributed by atoms with Crippen LogP contribution in [0.1, 0.15) is 44.6 Å². The molecule has 0 aromatic heterocycles. The smallest absolute Gasteiger partial charge is 0.322 e. The van der Waals surface area contributed by atoms with Crippen molar-refractivity contribution in [1.29, 1.82) is 0 Å². The van der Waals surface area contributed by atoms with Gasteiger partial charge in [0.15, 0.2) is 5.54 Å². The van der Waals surface area contributed by atoms with Gasteiger partial charge < -0.3 is 10.1 Å². The van der Waals surface area contributed by atoms with E-state index in [1.807, 2.05) is 0 Å². The number of halogens is 1. The molecule has 0 radical (unpaired) electrons. The number of ether oxygens (including phenoxy) is 1. The maximum Gasteiger partial charge on any atom is 0.322 e. The van der Waals surface area contributed by atoms with Crippen molar-refractivity contribution in [2.45, 2.75) is 50.7 Å². The van der Waals surface area contributed by atoms with E-state index in [0.717, 1.165) is 25.7 Å². The molecule has 2 unspecified atom stereocenters. The van der Waals surface area contributed by atoms with Gasteiger partial charge in [-0.25, -0.2) is 9.18 Å². The summed E-state index contributed by atoms with van der Waals surface area (Å²) in [6.45, 7) is 2.12. The Kier molecular flexibility index (Phi) is 3.76. The Balaban J connectivity index is 1.95. The molecule has 2 atom stereocenters. The van der Waals surface area contributed by atoms with Crippen LogP contribution < -0.4 is 15.4 Å². The first-order valence-electron chi connectivity index (χ1n) is 7.65. The van der Waals surface area contributed by atoms with E-state index >= 15 is 0 Å². The molecule has 3 amide bonds. The van der Waals surface area contributed by atoms with Crippen molar-refractivity contribution in [2.24, 2.45) is 0 Å². The summed E-state index contributed by atoms with van der Waals surface area (Å²) in [5, 5.41) is 4.94. The third-order valence-electron chi connectivity index (χ3n) is 4.30. The maximum absolute atomic E-state index is 13.6. The largest absolute Gasteiger partial charge is 0.490 e. The molecule has 118 valence electrons. The molecule has 2 aliphatic heterocycles. The predicted octanol–water partition coefficient (Wildman–Crippen LogP) is 2.59. The summed E-state index contributed by atoms with van der Waals surface area (Å²) in [4.78, 5) is 23.9. The molecule has 2 heterocycles. The highest BCUT2D eigenvalue weighted by Crippen LogP contribution is 2.42. The normalized spacial score (nSPS) is 26.4. The molecule has 1 aromatic carbocycles. The van der Waals surface area contributed by atoms with Crippen LogP contribution in [0, 0.1) is 5.82 Å². The second-order valence-electron chi connectivity index (χ2n) is 5.89. The SMILES string of the molecule is CCCCCC1CC2(NC(=O)NC2=O)c2cc(F)ccc2O1. The van der Waals surface area contributed by atoms with Gasteiger partial charge in [0.2, 0.25) is 0 Å². The van der Waals surface area contributed by atoms with E-state index in [-0.39, 0.29) is 6.10 Å². The average molecular weight is 306 g/mol. The van der Waals surface area contributed by atoms with Crippen molar-refractivity contribution in [3.63, 3.8) is 0 Å². The van der Waals surface area contributed by atoms with Gasteiger partial charge in [-0.3, -0.25) is 10.1 Å². The van der Waals surface area contributed by atoms with Gasteiger partial charge in [0.05, 0.1) is 0 Å². The third-order valence-corrected chi connectivity index (χ3v) is 4.30. The van der Waals surface area contributed by atoms with Crippen LogP contribution >= 0.6 is 0 Å². The van der Waals surface area contributed by atoms with Crippen LogP contribution in [0.4, 0.5) is 9.18 Å². The summed E-state index contributed by atoms with van der Waals surface area (Å²) < 4.78 is 19.5. The number of nitrogens with one attached hydrogen (secondary N) is 2. The molecule has 1 fully saturated rings. The minimum absolute atomic E-state index is 0.173. The van der Waals surface area contributed by atoms with Gasteiger partial charge in [-0.1, -0.05) is 19.8 Å². The summed E-state index contributed by atoms with van der Waals surface area (Å²) in [7, 11) is 0. The zero-order chi connectivity index (χ0) is 15.7. The fourth-order valence-corrected chi connectivity index (χ4v) is 3.22. The highest BCUT2D eigenvalue weighted by molar-refractivity contribution is 6.07. The topological polar surface area (TPSA) is 67.4 Å². The first-order chi connectivity index (χ1) is 10.5. The van der Waals surface area contributed by atoms with Crippen LogP contribution in [0.3, 0.4) is 0 Å². The first kappa shape index (κ1) is 14.8. The van der Waals surface area contributed by atoms with Gasteiger partial charge in [0.1, 0.15) is 17.7 Å². The van der Waals surface area contributed by atoms with Gasteiger partial charge in [-0.2, -0.15) is 0 Å². The van der Waals surface area contributed by atoms with Crippen LogP contribution in [0.2, 0.25) is 0 Å². The number of unbranched alkanes of at least 4 members (excludes halogenated alkanes) is 2. The second kappa shape index (κ2) is 5.59. The Bertz CT molecular complexity index is 619. The van der Waals surface area contributed by atoms with E-state index in [2.05, 4.69) is 17.6 Å². The zero-order valence-electron chi connectivity index (χ0n) is 12.4. The number of hydrogen-bond acceptors (Lipinski definition) is 3. The number of hydrogen-bond donors (Lipinski definition) is 2. The molecule has 0 aliphatic carbocycles. The zero-order valence-corrected chi connectivity index (χ0v) is 12.4. The molecule has 1 spiro atoms. The number of carbonyl (C=O) groups excluding carboxylic acids is 2. The number of imide groups is 1. The standard InChI is InChI=1S/C16H19FN2O3/c1-2-3-4-5-11-9-16(14(20)18-15(21)19-16)12-8-10(17)6-7-13(12)22-11/h6-8,11H,2-5,9H2,1H3,(H2,18,19,20,21). The van der Waals surface area contributed by atoms with Gasteiger partial charge in [-0.15, -0.1) is 0 Å². The lowest BCUT2D eigenvalue weighted by molar-refractivity contribution is -0.126. The predicted molar refractivity (Wildman–Crippen MR) is 77.9 cm³/mol. The lowest BCUT2D eigenvalue weighted by Gasteiger charge is -2.37. The van der Waals surface area contributed by atoms with E-state index in [4.69, 9.17) is 4.74 Å². The fraction of sp³-hybridized carbons (Fsp3) is 0.500. The number of benzene rings is 1. The van der Waals surface area contributed by atoms with Crippen molar-refractivity contribution >= 4 is 11.9 Å². The second-order valence-corrected chi connectivity index (χ2v) is 5.89. The number of fused-ring (bicyclic) bond motifs is 2. The first-order valence-corrected chi connectivity index (χ1v) is 7.65. The van der Waals surface area contributed by atoms with Crippen molar-refractivity contribution < 1.29 is 18.7 Å². The van der Waals surface area contributed by atoms with Gasteiger partial charge >= 0.3 is 6.03 Å². The minimum atomic E-state index is -1.22. The van der Waals surface area contributed by atoms with Crippen molar-refractivity contribution in [1.82, 2.24) is 10.6 Å². The molecule has 22 heavy (non-hydrogen) atoms. The van der Waals surface area contributed by atoms with Crippen LogP contribution in [0.25, 0.3) is 0 Å². The van der Waals surface area contributed by atoms with E-state index in [9.17, 15) is 14.0 Å². The van der Waals surface area contributed by atoms with Crippen LogP contribution in [-0.2, 0) is 10.3 Å². The Hall–Kier alpha value is -2.11. The Morgan fingerprint density at radius 1 is 1.36 bits per heavy atom. The highest BCUT2D eigenvalue weighted by atomic mass is 19.1. The van der Waals surface area contributed by atoms with E-state index in [1.165, 1.54) is 18.2 Å². The van der Waals surface area contributed by atoms with E-state index in [0.29, 0.717) is 17.7 Å². The molecule has 1 aromatic rings. The number of rotatable bonds is 4. The number of amides is 3. The molecule has 3 rings (SSSR count). The van der Waals surface area contributed by atoms with E-state index in [1.54, 1.807) is 0 Å². The van der Waals surface area contributed by atoms with Gasteiger partial charge in [0, 0.05) is 12.0 Å². The molecule has 5 nitrogen and oxygen atoms in total. The molecule has 2 N–H and O–H groups in total. The van der Waals surface area contributed by atoms with E-state index < -0.39 is 23.3 Å². The number of urea groups is 1. The Morgan fingerprint density at radius 3 is 2.86 bits per heavy atom. The molecule has 2 aliphatic rings. The van der Waals surface area contributed by atoms with Crippen molar-refractivity contribution in [2.75, 3.05) is 0 Å². The quantitative estimate of drug-likeness (QED) is 0.663. The molecular weight excluding hydrogens is 287 g/mol. The average Bonchev–Trinajstić information content (AvgIpc) is 2.75. The monoisotopic (exact) mass is 306 g/mol. The lowest BCUT2D eigenvalue weighted by atomic mass is 9.80. The molecule has 0 bridgehead atoms. The molecule has 1 saturated heterocycles. The maximum atomic E-state index is 13.6. The van der Waals surface area contributed by atoms with Gasteiger partial charge in [-0.05, 0) is 31.0 Å². The summed E-state index contributed by atoms with van der Waals surface area (Å²) in [6.07, 6.45) is 4.12. The van der Waals surface area contributed by atoms with Crippen molar-refractivity contribution in [3.05, 3.63) is 29.6 Å². The summed E-state index contributed by atoms with van der Waals surface area (Å²) in [6, 6.07) is 3.54. The third kappa shape index (κ3) is 2.42. The molecular formula is C16H19FN2O3. The molecule has 0 saturated carbocycles. The lowest BCUT2D eigenvalue weighted by Crippen LogP contribution is -2.50. The summed E-state index contributed by atoms with van der Waals surface area (Å²) in [5.41, 5.74) is -0.827. The van der Waals surface area contributed by atoms with Crippen LogP contribution in [-0.4, -0.2) is 18.0 Å². The summed E-state index contributed by atoms with van der Waals surface area (Å²) in [5.74, 6) is -0.431. The Labute approximate surface area is 128 Å². The minimum Gasteiger partial charge on any atom is -0.490 e. The van der Waals surface area contributed by atoms with Crippen LogP contribution in [0.15, 0.2) is 18.2 Å². The fourth-order valence-electron chi connectivity index (χ4n) is 3.22. The van der Waals surface area contributed by atoms with Crippen LogP contribution in [0.5, 0.6) is 5.75 Å². The van der Waals surface area contributed by atoms with Gasteiger partial charge in [0.25, 0.3) is 5.91 Å².